The predicted octanol–water partition coefficient (Wildman–Crippen LogP) is 3.30. The number of hydrogen-bond acceptors (Lipinski definition) is 4. The second kappa shape index (κ2) is 10.2. The van der Waals surface area contributed by atoms with Crippen molar-refractivity contribution in [3.05, 3.63) is 65.2 Å². The number of amides is 1. The number of aryl methyl sites for hydroxylation is 1. The van der Waals surface area contributed by atoms with Gasteiger partial charge in [0.1, 0.15) is 5.75 Å². The van der Waals surface area contributed by atoms with E-state index in [1.54, 1.807) is 0 Å². The van der Waals surface area contributed by atoms with E-state index in [2.05, 4.69) is 28.4 Å². The molecule has 2 aromatic carbocycles. The smallest absolute Gasteiger partial charge is 0.261 e. The molecule has 0 spiro atoms. The van der Waals surface area contributed by atoms with E-state index in [0.29, 0.717) is 13.0 Å². The lowest BCUT2D eigenvalue weighted by molar-refractivity contribution is -0.128. The summed E-state index contributed by atoms with van der Waals surface area (Å²) in [6.45, 7) is 8.91. The van der Waals surface area contributed by atoms with Crippen LogP contribution in [-0.4, -0.2) is 43.2 Å². The summed E-state index contributed by atoms with van der Waals surface area (Å²) in [5, 5.41) is 3.02. The molecule has 2 aromatic rings. The molecule has 3 rings (SSSR count). The fraction of sp³-hybridized carbons (Fsp3) is 0.435. The third-order valence-electron chi connectivity index (χ3n) is 4.99. The van der Waals surface area contributed by atoms with Gasteiger partial charge in [-0.25, -0.2) is 0 Å². The molecule has 0 aliphatic carbocycles. The minimum atomic E-state index is -0.488. The Labute approximate surface area is 167 Å². The molecular formula is C23H30N2O3. The van der Waals surface area contributed by atoms with E-state index < -0.39 is 6.10 Å². The summed E-state index contributed by atoms with van der Waals surface area (Å²) < 4.78 is 11.3. The fourth-order valence-corrected chi connectivity index (χ4v) is 3.32. The maximum Gasteiger partial charge on any atom is 0.261 e. The SMILES string of the molecule is CC[C@H](Oc1ccccc1C)C(=O)NCc1cccc(CN2CCOCC2)c1. The quantitative estimate of drug-likeness (QED) is 0.761. The summed E-state index contributed by atoms with van der Waals surface area (Å²) in [5.74, 6) is 0.682. The Bertz CT molecular complexity index is 772. The average Bonchev–Trinajstić information content (AvgIpc) is 2.72. The molecule has 1 atom stereocenters. The third kappa shape index (κ3) is 5.81. The average molecular weight is 383 g/mol. The molecule has 28 heavy (non-hydrogen) atoms. The number of rotatable bonds is 8. The number of morpholine rings is 1. The van der Waals surface area contributed by atoms with Crippen LogP contribution in [0.4, 0.5) is 0 Å². The van der Waals surface area contributed by atoms with Gasteiger partial charge in [0.05, 0.1) is 13.2 Å². The number of para-hydroxylation sites is 1. The third-order valence-corrected chi connectivity index (χ3v) is 4.99. The number of carbonyl (C=O) groups is 1. The van der Waals surface area contributed by atoms with Crippen LogP contribution in [0.3, 0.4) is 0 Å². The fourth-order valence-electron chi connectivity index (χ4n) is 3.32. The molecular weight excluding hydrogens is 352 g/mol. The normalized spacial score (nSPS) is 15.8. The van der Waals surface area contributed by atoms with Crippen molar-refractivity contribution in [2.24, 2.45) is 0 Å². The lowest BCUT2D eigenvalue weighted by Crippen LogP contribution is -2.37. The van der Waals surface area contributed by atoms with Crippen molar-refractivity contribution >= 4 is 5.91 Å². The van der Waals surface area contributed by atoms with Gasteiger partial charge in [0, 0.05) is 26.2 Å². The molecule has 1 aliphatic rings. The first-order chi connectivity index (χ1) is 13.7. The van der Waals surface area contributed by atoms with Crippen LogP contribution in [0.25, 0.3) is 0 Å². The second-order valence-electron chi connectivity index (χ2n) is 7.21. The van der Waals surface area contributed by atoms with E-state index in [-0.39, 0.29) is 5.91 Å². The van der Waals surface area contributed by atoms with Gasteiger partial charge >= 0.3 is 0 Å². The molecule has 150 valence electrons. The van der Waals surface area contributed by atoms with Gasteiger partial charge in [-0.15, -0.1) is 0 Å². The highest BCUT2D eigenvalue weighted by atomic mass is 16.5. The van der Waals surface area contributed by atoms with Gasteiger partial charge in [-0.3, -0.25) is 9.69 Å². The van der Waals surface area contributed by atoms with Crippen molar-refractivity contribution in [3.8, 4) is 5.75 Å². The lowest BCUT2D eigenvalue weighted by atomic mass is 10.1. The molecule has 0 aromatic heterocycles. The van der Waals surface area contributed by atoms with Crippen LogP contribution < -0.4 is 10.1 Å². The van der Waals surface area contributed by atoms with Crippen LogP contribution in [0, 0.1) is 6.92 Å². The van der Waals surface area contributed by atoms with Crippen LogP contribution >= 0.6 is 0 Å². The molecule has 1 fully saturated rings. The number of nitrogens with zero attached hydrogens (tertiary/aromatic N) is 1. The van der Waals surface area contributed by atoms with Crippen LogP contribution in [0.5, 0.6) is 5.75 Å². The summed E-state index contributed by atoms with van der Waals surface area (Å²) in [6, 6.07) is 16.2. The zero-order valence-electron chi connectivity index (χ0n) is 16.8. The molecule has 1 N–H and O–H groups in total. The summed E-state index contributed by atoms with van der Waals surface area (Å²) in [4.78, 5) is 15.0. The Kier molecular flexibility index (Phi) is 7.46. The van der Waals surface area contributed by atoms with E-state index >= 15 is 0 Å². The van der Waals surface area contributed by atoms with E-state index in [1.807, 2.05) is 44.2 Å². The van der Waals surface area contributed by atoms with Crippen LogP contribution in [0.1, 0.15) is 30.0 Å². The molecule has 0 radical (unpaired) electrons. The van der Waals surface area contributed by atoms with Gasteiger partial charge in [0.25, 0.3) is 5.91 Å². The standard InChI is InChI=1S/C23H30N2O3/c1-3-21(28-22-10-5-4-7-18(22)2)23(26)24-16-19-8-6-9-20(15-19)17-25-11-13-27-14-12-25/h4-10,15,21H,3,11-14,16-17H2,1-2H3,(H,24,26)/t21-/m0/s1. The summed E-state index contributed by atoms with van der Waals surface area (Å²) >= 11 is 0. The molecule has 1 saturated heterocycles. The lowest BCUT2D eigenvalue weighted by Gasteiger charge is -2.26. The maximum absolute atomic E-state index is 12.6. The minimum absolute atomic E-state index is 0.0793. The number of carbonyl (C=O) groups excluding carboxylic acids is 1. The monoisotopic (exact) mass is 382 g/mol. The predicted molar refractivity (Wildman–Crippen MR) is 110 cm³/mol. The first-order valence-corrected chi connectivity index (χ1v) is 10.0. The Morgan fingerprint density at radius 3 is 2.64 bits per heavy atom. The van der Waals surface area contributed by atoms with Gasteiger partial charge in [0.15, 0.2) is 6.10 Å². The summed E-state index contributed by atoms with van der Waals surface area (Å²) in [6.07, 6.45) is 0.134. The number of ether oxygens (including phenoxy) is 2. The van der Waals surface area contributed by atoms with E-state index in [0.717, 1.165) is 49.7 Å². The Balaban J connectivity index is 1.54. The van der Waals surface area contributed by atoms with Gasteiger partial charge in [-0.05, 0) is 36.1 Å². The highest BCUT2D eigenvalue weighted by Crippen LogP contribution is 2.19. The topological polar surface area (TPSA) is 50.8 Å². The van der Waals surface area contributed by atoms with Crippen molar-refractivity contribution in [1.82, 2.24) is 10.2 Å². The van der Waals surface area contributed by atoms with Crippen LogP contribution in [0.2, 0.25) is 0 Å². The molecule has 1 heterocycles. The zero-order valence-corrected chi connectivity index (χ0v) is 16.8. The van der Waals surface area contributed by atoms with Crippen molar-refractivity contribution < 1.29 is 14.3 Å². The first kappa shape index (κ1) is 20.4. The van der Waals surface area contributed by atoms with Gasteiger partial charge in [-0.1, -0.05) is 49.4 Å². The van der Waals surface area contributed by atoms with Crippen molar-refractivity contribution in [2.45, 2.75) is 39.5 Å². The molecule has 0 bridgehead atoms. The van der Waals surface area contributed by atoms with E-state index in [1.165, 1.54) is 5.56 Å². The van der Waals surface area contributed by atoms with Crippen LogP contribution in [-0.2, 0) is 22.6 Å². The number of nitrogens with one attached hydrogen (secondary N) is 1. The highest BCUT2D eigenvalue weighted by Gasteiger charge is 2.19. The Morgan fingerprint density at radius 2 is 1.89 bits per heavy atom. The van der Waals surface area contributed by atoms with Crippen LogP contribution in [0.15, 0.2) is 48.5 Å². The molecule has 0 saturated carbocycles. The molecule has 1 amide bonds. The maximum atomic E-state index is 12.6. The van der Waals surface area contributed by atoms with Crippen molar-refractivity contribution in [2.75, 3.05) is 26.3 Å². The first-order valence-electron chi connectivity index (χ1n) is 10.0. The van der Waals surface area contributed by atoms with Gasteiger partial charge in [-0.2, -0.15) is 0 Å². The van der Waals surface area contributed by atoms with Crippen molar-refractivity contribution in [3.63, 3.8) is 0 Å². The number of benzene rings is 2. The van der Waals surface area contributed by atoms with E-state index in [9.17, 15) is 4.79 Å². The molecule has 5 heteroatoms. The zero-order chi connectivity index (χ0) is 19.8. The minimum Gasteiger partial charge on any atom is -0.480 e. The number of hydrogen-bond donors (Lipinski definition) is 1. The molecule has 5 nitrogen and oxygen atoms in total. The Morgan fingerprint density at radius 1 is 1.14 bits per heavy atom. The summed E-state index contributed by atoms with van der Waals surface area (Å²) in [7, 11) is 0. The molecule has 0 unspecified atom stereocenters. The molecule has 1 aliphatic heterocycles. The van der Waals surface area contributed by atoms with E-state index in [4.69, 9.17) is 9.47 Å². The largest absolute Gasteiger partial charge is 0.480 e. The Hall–Kier alpha value is -2.37. The van der Waals surface area contributed by atoms with Crippen molar-refractivity contribution in [1.29, 1.82) is 0 Å². The van der Waals surface area contributed by atoms with Gasteiger partial charge < -0.3 is 14.8 Å². The van der Waals surface area contributed by atoms with Gasteiger partial charge in [0.2, 0.25) is 0 Å². The second-order valence-corrected chi connectivity index (χ2v) is 7.21. The summed E-state index contributed by atoms with van der Waals surface area (Å²) in [5.41, 5.74) is 3.39. The highest BCUT2D eigenvalue weighted by molar-refractivity contribution is 5.81.